The molecule has 1 aromatic rings. The summed E-state index contributed by atoms with van der Waals surface area (Å²) in [6.07, 6.45) is 5.43. The number of hydrogen-bond donors (Lipinski definition) is 1. The van der Waals surface area contributed by atoms with Crippen molar-refractivity contribution in [2.24, 2.45) is 5.41 Å². The molecule has 1 aliphatic carbocycles. The molecule has 0 bridgehead atoms. The molecule has 2 aliphatic rings. The highest BCUT2D eigenvalue weighted by Crippen LogP contribution is 2.63. The van der Waals surface area contributed by atoms with E-state index >= 15 is 0 Å². The molecule has 0 aromatic heterocycles. The predicted molar refractivity (Wildman–Crippen MR) is 94.4 cm³/mol. The van der Waals surface area contributed by atoms with Gasteiger partial charge in [-0.3, -0.25) is 4.79 Å². The van der Waals surface area contributed by atoms with Crippen molar-refractivity contribution < 1.29 is 4.79 Å². The zero-order chi connectivity index (χ0) is 16.3. The Hall–Kier alpha value is -1.35. The van der Waals surface area contributed by atoms with E-state index < -0.39 is 0 Å². The highest BCUT2D eigenvalue weighted by molar-refractivity contribution is 5.76. The quantitative estimate of drug-likeness (QED) is 0.837. The van der Waals surface area contributed by atoms with Crippen LogP contribution in [0.1, 0.15) is 51.5 Å². The van der Waals surface area contributed by atoms with Gasteiger partial charge in [0.15, 0.2) is 0 Å². The van der Waals surface area contributed by atoms with Gasteiger partial charge in [0.25, 0.3) is 0 Å². The van der Waals surface area contributed by atoms with Crippen LogP contribution in [-0.4, -0.2) is 37.0 Å². The lowest BCUT2D eigenvalue weighted by atomic mass is 9.88. The zero-order valence-corrected chi connectivity index (χ0v) is 14.6. The van der Waals surface area contributed by atoms with E-state index in [1.165, 1.54) is 31.5 Å². The Balaban J connectivity index is 1.47. The summed E-state index contributed by atoms with van der Waals surface area (Å²) in [6.45, 7) is 8.88. The molecule has 1 N–H and O–H groups in total. The van der Waals surface area contributed by atoms with Crippen molar-refractivity contribution in [2.75, 3.05) is 26.2 Å². The molecule has 3 rings (SSSR count). The Morgan fingerprint density at radius 3 is 2.43 bits per heavy atom. The standard InChI is InChI=1S/C20H30N2O/c1-19(2)15-20(19,17-9-4-3-5-10-17)16-21-18(23)11-8-14-22-12-6-7-13-22/h3-5,9-10H,6-8,11-16H2,1-2H3,(H,21,23). The second-order valence-electron chi connectivity index (χ2n) is 7.94. The molecule has 1 saturated carbocycles. The van der Waals surface area contributed by atoms with E-state index in [-0.39, 0.29) is 16.7 Å². The van der Waals surface area contributed by atoms with E-state index in [1.54, 1.807) is 0 Å². The van der Waals surface area contributed by atoms with E-state index in [4.69, 9.17) is 0 Å². The summed E-state index contributed by atoms with van der Waals surface area (Å²) in [5, 5.41) is 3.21. The van der Waals surface area contributed by atoms with Crippen LogP contribution in [-0.2, 0) is 10.2 Å². The van der Waals surface area contributed by atoms with Gasteiger partial charge in [-0.15, -0.1) is 0 Å². The number of likely N-dealkylation sites (tertiary alicyclic amines) is 1. The molecule has 0 radical (unpaired) electrons. The maximum absolute atomic E-state index is 12.2. The van der Waals surface area contributed by atoms with E-state index in [0.29, 0.717) is 6.42 Å². The average Bonchev–Trinajstić information content (AvgIpc) is 2.90. The maximum atomic E-state index is 12.2. The molecule has 2 fully saturated rings. The normalized spacial score (nSPS) is 26.2. The molecule has 0 spiro atoms. The van der Waals surface area contributed by atoms with Crippen LogP contribution in [0, 0.1) is 5.41 Å². The second kappa shape index (κ2) is 6.64. The van der Waals surface area contributed by atoms with Crippen molar-refractivity contribution in [1.29, 1.82) is 0 Å². The van der Waals surface area contributed by atoms with Gasteiger partial charge in [-0.1, -0.05) is 44.2 Å². The van der Waals surface area contributed by atoms with Crippen molar-refractivity contribution in [1.82, 2.24) is 10.2 Å². The molecule has 23 heavy (non-hydrogen) atoms. The smallest absolute Gasteiger partial charge is 0.220 e. The highest BCUT2D eigenvalue weighted by atomic mass is 16.1. The number of rotatable bonds is 7. The van der Waals surface area contributed by atoms with Gasteiger partial charge in [-0.25, -0.2) is 0 Å². The lowest BCUT2D eigenvalue weighted by molar-refractivity contribution is -0.121. The van der Waals surface area contributed by atoms with Crippen LogP contribution < -0.4 is 5.32 Å². The second-order valence-corrected chi connectivity index (χ2v) is 7.94. The van der Waals surface area contributed by atoms with E-state index in [0.717, 1.165) is 25.9 Å². The van der Waals surface area contributed by atoms with Crippen LogP contribution in [0.2, 0.25) is 0 Å². The first-order valence-corrected chi connectivity index (χ1v) is 9.08. The molecule has 3 heteroatoms. The molecule has 1 aliphatic heterocycles. The van der Waals surface area contributed by atoms with Gasteiger partial charge < -0.3 is 10.2 Å². The summed E-state index contributed by atoms with van der Waals surface area (Å²) in [5.41, 5.74) is 1.76. The fourth-order valence-electron chi connectivity index (χ4n) is 4.17. The molecular formula is C20H30N2O. The first-order chi connectivity index (χ1) is 11.0. The van der Waals surface area contributed by atoms with Crippen molar-refractivity contribution in [3.05, 3.63) is 35.9 Å². The Morgan fingerprint density at radius 1 is 1.17 bits per heavy atom. The Labute approximate surface area is 140 Å². The third kappa shape index (κ3) is 3.60. The topological polar surface area (TPSA) is 32.3 Å². The number of carbonyl (C=O) groups excluding carboxylic acids is 1. The van der Waals surface area contributed by atoms with Crippen LogP contribution in [0.4, 0.5) is 0 Å². The van der Waals surface area contributed by atoms with Crippen LogP contribution in [0.3, 0.4) is 0 Å². The molecule has 1 heterocycles. The fraction of sp³-hybridized carbons (Fsp3) is 0.650. The first-order valence-electron chi connectivity index (χ1n) is 9.08. The maximum Gasteiger partial charge on any atom is 0.220 e. The molecule has 3 nitrogen and oxygen atoms in total. The van der Waals surface area contributed by atoms with Crippen molar-refractivity contribution >= 4 is 5.91 Å². The number of carbonyl (C=O) groups is 1. The largest absolute Gasteiger partial charge is 0.355 e. The van der Waals surface area contributed by atoms with Crippen molar-refractivity contribution in [2.45, 2.75) is 51.4 Å². The monoisotopic (exact) mass is 314 g/mol. The number of hydrogen-bond acceptors (Lipinski definition) is 2. The van der Waals surface area contributed by atoms with Gasteiger partial charge in [0, 0.05) is 18.4 Å². The molecule has 1 atom stereocenters. The van der Waals surface area contributed by atoms with Gasteiger partial charge in [-0.2, -0.15) is 0 Å². The summed E-state index contributed by atoms with van der Waals surface area (Å²) >= 11 is 0. The zero-order valence-electron chi connectivity index (χ0n) is 14.6. The lowest BCUT2D eigenvalue weighted by Crippen LogP contribution is -2.35. The summed E-state index contributed by atoms with van der Waals surface area (Å²) in [7, 11) is 0. The van der Waals surface area contributed by atoms with E-state index in [2.05, 4.69) is 54.4 Å². The molecule has 1 saturated heterocycles. The lowest BCUT2D eigenvalue weighted by Gasteiger charge is -2.22. The Morgan fingerprint density at radius 2 is 1.83 bits per heavy atom. The van der Waals surface area contributed by atoms with Gasteiger partial charge in [0.05, 0.1) is 0 Å². The SMILES string of the molecule is CC1(C)CC1(CNC(=O)CCCN1CCCC1)c1ccccc1. The summed E-state index contributed by atoms with van der Waals surface area (Å²) in [6, 6.07) is 10.7. The van der Waals surface area contributed by atoms with Crippen molar-refractivity contribution in [3.63, 3.8) is 0 Å². The third-order valence-corrected chi connectivity index (χ3v) is 5.90. The molecule has 1 amide bonds. The molecule has 1 aromatic carbocycles. The predicted octanol–water partition coefficient (Wildman–Crippen LogP) is 3.35. The summed E-state index contributed by atoms with van der Waals surface area (Å²) in [4.78, 5) is 14.7. The fourth-order valence-corrected chi connectivity index (χ4v) is 4.17. The highest BCUT2D eigenvalue weighted by Gasteiger charge is 2.61. The summed E-state index contributed by atoms with van der Waals surface area (Å²) in [5.74, 6) is 0.210. The first kappa shape index (κ1) is 16.5. The Bertz CT molecular complexity index is 534. The van der Waals surface area contributed by atoms with Crippen LogP contribution >= 0.6 is 0 Å². The van der Waals surface area contributed by atoms with Gasteiger partial charge in [-0.05, 0) is 56.3 Å². The minimum atomic E-state index is 0.124. The third-order valence-electron chi connectivity index (χ3n) is 5.90. The van der Waals surface area contributed by atoms with Gasteiger partial charge >= 0.3 is 0 Å². The van der Waals surface area contributed by atoms with Crippen LogP contribution in [0.15, 0.2) is 30.3 Å². The summed E-state index contributed by atoms with van der Waals surface area (Å²) < 4.78 is 0. The number of nitrogens with one attached hydrogen (secondary N) is 1. The number of benzene rings is 1. The van der Waals surface area contributed by atoms with Gasteiger partial charge in [0.2, 0.25) is 5.91 Å². The van der Waals surface area contributed by atoms with Crippen LogP contribution in [0.5, 0.6) is 0 Å². The van der Waals surface area contributed by atoms with Crippen LogP contribution in [0.25, 0.3) is 0 Å². The minimum Gasteiger partial charge on any atom is -0.355 e. The van der Waals surface area contributed by atoms with Gasteiger partial charge in [0.1, 0.15) is 0 Å². The van der Waals surface area contributed by atoms with Crippen molar-refractivity contribution in [3.8, 4) is 0 Å². The average molecular weight is 314 g/mol. The van der Waals surface area contributed by atoms with E-state index in [9.17, 15) is 4.79 Å². The number of amides is 1. The van der Waals surface area contributed by atoms with E-state index in [1.807, 2.05) is 0 Å². The molecule has 1 unspecified atom stereocenters. The molecule has 126 valence electrons. The molecular weight excluding hydrogens is 284 g/mol. The minimum absolute atomic E-state index is 0.124. The Kier molecular flexibility index (Phi) is 4.77. The number of nitrogens with zero attached hydrogens (tertiary/aromatic N) is 1.